The fraction of sp³-hybridized carbons (Fsp3) is 0.500. The van der Waals surface area contributed by atoms with Crippen molar-refractivity contribution in [3.8, 4) is 0 Å². The van der Waals surface area contributed by atoms with Crippen LogP contribution in [-0.4, -0.2) is 28.4 Å². The average Bonchev–Trinajstić information content (AvgIpc) is 3.37. The fourth-order valence-corrected chi connectivity index (χ4v) is 3.97. The van der Waals surface area contributed by atoms with E-state index in [-0.39, 0.29) is 29.5 Å². The third-order valence-corrected chi connectivity index (χ3v) is 5.52. The molecule has 1 aliphatic heterocycles. The maximum Gasteiger partial charge on any atom is 0.344 e. The predicted octanol–water partition coefficient (Wildman–Crippen LogP) is 2.22. The van der Waals surface area contributed by atoms with Crippen molar-refractivity contribution in [2.24, 2.45) is 5.92 Å². The summed E-state index contributed by atoms with van der Waals surface area (Å²) in [4.78, 5) is 37.2. The minimum absolute atomic E-state index is 0.00464. The molecule has 6 nitrogen and oxygen atoms in total. The van der Waals surface area contributed by atoms with E-state index in [0.29, 0.717) is 19.3 Å². The summed E-state index contributed by atoms with van der Waals surface area (Å²) >= 11 is 0. The van der Waals surface area contributed by atoms with Gasteiger partial charge in [0, 0.05) is 5.92 Å². The Balaban J connectivity index is 1.41. The van der Waals surface area contributed by atoms with E-state index in [1.54, 1.807) is 12.1 Å². The van der Waals surface area contributed by atoms with Gasteiger partial charge in [0.25, 0.3) is 5.91 Å². The number of imide groups is 1. The van der Waals surface area contributed by atoms with Crippen LogP contribution in [0.5, 0.6) is 0 Å². The zero-order valence-corrected chi connectivity index (χ0v) is 13.8. The molecule has 2 aliphatic carbocycles. The molecule has 0 aromatic heterocycles. The van der Waals surface area contributed by atoms with Crippen LogP contribution in [0.25, 0.3) is 0 Å². The largest absolute Gasteiger partial charge is 0.344 e. The van der Waals surface area contributed by atoms with Gasteiger partial charge in [-0.25, -0.2) is 9.18 Å². The Hall–Kier alpha value is -2.44. The highest BCUT2D eigenvalue weighted by molar-refractivity contribution is 6.08. The first-order valence-corrected chi connectivity index (χ1v) is 8.73. The fourth-order valence-electron chi connectivity index (χ4n) is 3.97. The van der Waals surface area contributed by atoms with Crippen molar-refractivity contribution in [3.05, 3.63) is 35.6 Å². The molecule has 1 saturated heterocycles. The van der Waals surface area contributed by atoms with Crippen LogP contribution in [-0.2, 0) is 9.59 Å². The predicted molar refractivity (Wildman–Crippen MR) is 86.6 cm³/mol. The first-order valence-electron chi connectivity index (χ1n) is 8.73. The zero-order chi connectivity index (χ0) is 17.6. The van der Waals surface area contributed by atoms with Crippen LogP contribution in [0.1, 0.15) is 50.0 Å². The van der Waals surface area contributed by atoms with Crippen molar-refractivity contribution < 1.29 is 18.8 Å². The van der Waals surface area contributed by atoms with Crippen LogP contribution in [0.15, 0.2) is 24.3 Å². The van der Waals surface area contributed by atoms with E-state index in [9.17, 15) is 18.8 Å². The minimum Gasteiger partial charge on any atom is -0.322 e. The first-order chi connectivity index (χ1) is 12.0. The van der Waals surface area contributed by atoms with Crippen LogP contribution < -0.4 is 10.7 Å². The molecule has 4 rings (SSSR count). The second-order valence-corrected chi connectivity index (χ2v) is 7.19. The zero-order valence-electron chi connectivity index (χ0n) is 13.8. The van der Waals surface area contributed by atoms with E-state index in [0.717, 1.165) is 29.8 Å². The van der Waals surface area contributed by atoms with Crippen LogP contribution in [0.3, 0.4) is 0 Å². The highest BCUT2D eigenvalue weighted by Crippen LogP contribution is 2.47. The number of carbonyl (C=O) groups excluding carboxylic acids is 3. The monoisotopic (exact) mass is 345 g/mol. The van der Waals surface area contributed by atoms with Crippen molar-refractivity contribution in [1.82, 2.24) is 15.8 Å². The van der Waals surface area contributed by atoms with E-state index in [4.69, 9.17) is 0 Å². The number of rotatable bonds is 3. The third-order valence-electron chi connectivity index (χ3n) is 5.52. The summed E-state index contributed by atoms with van der Waals surface area (Å²) < 4.78 is 13.0. The van der Waals surface area contributed by atoms with Crippen molar-refractivity contribution in [2.75, 3.05) is 0 Å². The Bertz CT molecular complexity index is 728. The van der Waals surface area contributed by atoms with Gasteiger partial charge in [-0.3, -0.25) is 15.0 Å². The first kappa shape index (κ1) is 16.1. The lowest BCUT2D eigenvalue weighted by molar-refractivity contribution is -0.140. The standard InChI is InChI=1S/C18H20FN3O3/c19-12-6-4-11(5-7-12)13-10-14(13)15(23)21-22-16(24)18(20-17(22)25)8-2-1-3-9-18/h4-7,13-14H,1-3,8-10H2,(H,20,25)(H,21,23). The summed E-state index contributed by atoms with van der Waals surface area (Å²) in [6.45, 7) is 0. The maximum absolute atomic E-state index is 13.0. The lowest BCUT2D eigenvalue weighted by atomic mass is 9.82. The van der Waals surface area contributed by atoms with Gasteiger partial charge < -0.3 is 5.32 Å². The van der Waals surface area contributed by atoms with E-state index < -0.39 is 11.6 Å². The Morgan fingerprint density at radius 2 is 1.84 bits per heavy atom. The summed E-state index contributed by atoms with van der Waals surface area (Å²) in [5, 5.41) is 3.60. The van der Waals surface area contributed by atoms with Crippen molar-refractivity contribution >= 4 is 17.8 Å². The molecule has 2 saturated carbocycles. The molecule has 0 radical (unpaired) electrons. The van der Waals surface area contributed by atoms with Gasteiger partial charge in [0.05, 0.1) is 0 Å². The Labute approximate surface area is 144 Å². The molecule has 1 aromatic carbocycles. The van der Waals surface area contributed by atoms with Crippen LogP contribution in [0.4, 0.5) is 9.18 Å². The van der Waals surface area contributed by atoms with Gasteiger partial charge in [-0.2, -0.15) is 5.01 Å². The highest BCUT2D eigenvalue weighted by atomic mass is 19.1. The van der Waals surface area contributed by atoms with Crippen LogP contribution >= 0.6 is 0 Å². The summed E-state index contributed by atoms with van der Waals surface area (Å²) in [7, 11) is 0. The van der Waals surface area contributed by atoms with Crippen molar-refractivity contribution in [3.63, 3.8) is 0 Å². The van der Waals surface area contributed by atoms with Crippen molar-refractivity contribution in [1.29, 1.82) is 0 Å². The van der Waals surface area contributed by atoms with Gasteiger partial charge in [-0.05, 0) is 42.9 Å². The highest BCUT2D eigenvalue weighted by Gasteiger charge is 2.53. The van der Waals surface area contributed by atoms with Gasteiger partial charge in [-0.1, -0.05) is 31.4 Å². The van der Waals surface area contributed by atoms with E-state index >= 15 is 0 Å². The van der Waals surface area contributed by atoms with Gasteiger partial charge in [0.1, 0.15) is 11.4 Å². The smallest absolute Gasteiger partial charge is 0.322 e. The number of carbonyl (C=O) groups is 3. The Kier molecular flexibility index (Phi) is 3.74. The number of urea groups is 1. The molecule has 132 valence electrons. The number of hydrogen-bond donors (Lipinski definition) is 2. The molecule has 2 unspecified atom stereocenters. The van der Waals surface area contributed by atoms with Gasteiger partial charge in [0.2, 0.25) is 5.91 Å². The molecule has 1 heterocycles. The topological polar surface area (TPSA) is 78.5 Å². The number of nitrogens with one attached hydrogen (secondary N) is 2. The Morgan fingerprint density at radius 1 is 1.16 bits per heavy atom. The molecule has 3 fully saturated rings. The summed E-state index contributed by atoms with van der Waals surface area (Å²) in [6.07, 6.45) is 4.70. The van der Waals surface area contributed by atoms with Gasteiger partial charge in [-0.15, -0.1) is 0 Å². The molecule has 7 heteroatoms. The number of hydrazine groups is 1. The second kappa shape index (κ2) is 5.82. The van der Waals surface area contributed by atoms with E-state index in [1.165, 1.54) is 12.1 Å². The second-order valence-electron chi connectivity index (χ2n) is 7.19. The number of benzene rings is 1. The van der Waals surface area contributed by atoms with Crippen LogP contribution in [0, 0.1) is 11.7 Å². The summed E-state index contributed by atoms with van der Waals surface area (Å²) in [6, 6.07) is 5.51. The summed E-state index contributed by atoms with van der Waals surface area (Å²) in [5.74, 6) is -1.31. The van der Waals surface area contributed by atoms with E-state index in [2.05, 4.69) is 10.7 Å². The molecule has 0 bridgehead atoms. The lowest BCUT2D eigenvalue weighted by Gasteiger charge is -2.30. The molecule has 4 amide bonds. The third kappa shape index (κ3) is 2.77. The molecule has 1 aromatic rings. The van der Waals surface area contributed by atoms with Gasteiger partial charge >= 0.3 is 6.03 Å². The van der Waals surface area contributed by atoms with E-state index in [1.807, 2.05) is 0 Å². The maximum atomic E-state index is 13.0. The minimum atomic E-state index is -0.845. The Morgan fingerprint density at radius 3 is 2.52 bits per heavy atom. The van der Waals surface area contributed by atoms with Gasteiger partial charge in [0.15, 0.2) is 0 Å². The SMILES string of the molecule is O=C(NN1C(=O)NC2(CCCCC2)C1=O)C1CC1c1ccc(F)cc1. The number of hydrogen-bond acceptors (Lipinski definition) is 3. The number of halogens is 1. The molecular formula is C18H20FN3O3. The molecule has 2 N–H and O–H groups in total. The van der Waals surface area contributed by atoms with Crippen LogP contribution in [0.2, 0.25) is 0 Å². The molecular weight excluding hydrogens is 325 g/mol. The quantitative estimate of drug-likeness (QED) is 0.825. The normalized spacial score (nSPS) is 27.3. The molecule has 1 spiro atoms. The number of amides is 4. The lowest BCUT2D eigenvalue weighted by Crippen LogP contribution is -2.51. The summed E-state index contributed by atoms with van der Waals surface area (Å²) in [5.41, 5.74) is 2.53. The number of nitrogens with zero attached hydrogens (tertiary/aromatic N) is 1. The average molecular weight is 345 g/mol. The molecule has 25 heavy (non-hydrogen) atoms. The molecule has 2 atom stereocenters. The van der Waals surface area contributed by atoms with Crippen molar-refractivity contribution in [2.45, 2.75) is 50.0 Å². The molecule has 3 aliphatic rings.